The zero-order valence-electron chi connectivity index (χ0n) is 13.6. The van der Waals surface area contributed by atoms with E-state index in [1.807, 2.05) is 0 Å². The Labute approximate surface area is 153 Å². The smallest absolute Gasteiger partial charge is 0.258 e. The molecule has 0 spiro atoms. The Bertz CT molecular complexity index is 619. The van der Waals surface area contributed by atoms with Gasteiger partial charge in [-0.15, -0.1) is 0 Å². The number of benzene rings is 1. The van der Waals surface area contributed by atoms with Crippen LogP contribution in [0, 0.1) is 11.3 Å². The molecule has 1 saturated carbocycles. The van der Waals surface area contributed by atoms with Crippen LogP contribution >= 0.6 is 35.4 Å². The van der Waals surface area contributed by atoms with E-state index in [-0.39, 0.29) is 17.4 Å². The van der Waals surface area contributed by atoms with Crippen molar-refractivity contribution in [2.24, 2.45) is 11.3 Å². The number of carbonyl (C=O) groups is 1. The van der Waals surface area contributed by atoms with E-state index < -0.39 is 0 Å². The molecule has 1 amide bonds. The van der Waals surface area contributed by atoms with E-state index in [4.69, 9.17) is 35.4 Å². The molecule has 2 atom stereocenters. The quantitative estimate of drug-likeness (QED) is 0.731. The van der Waals surface area contributed by atoms with Gasteiger partial charge in [0.25, 0.3) is 5.91 Å². The molecule has 1 aromatic carbocycles. The topological polar surface area (TPSA) is 41.1 Å². The largest absolute Gasteiger partial charge is 0.360 e. The molecule has 0 saturated heterocycles. The number of hydrogen-bond donors (Lipinski definition) is 2. The molecule has 0 aromatic heterocycles. The Morgan fingerprint density at radius 1 is 1.30 bits per heavy atom. The summed E-state index contributed by atoms with van der Waals surface area (Å²) in [6, 6.07) is 5.04. The van der Waals surface area contributed by atoms with Crippen LogP contribution in [0.25, 0.3) is 0 Å². The van der Waals surface area contributed by atoms with Crippen molar-refractivity contribution in [1.29, 1.82) is 0 Å². The molecule has 126 valence electrons. The van der Waals surface area contributed by atoms with E-state index in [9.17, 15) is 4.79 Å². The average molecular weight is 373 g/mol. The molecule has 0 unspecified atom stereocenters. The van der Waals surface area contributed by atoms with E-state index >= 15 is 0 Å². The average Bonchev–Trinajstić information content (AvgIpc) is 2.35. The van der Waals surface area contributed by atoms with Gasteiger partial charge in [-0.3, -0.25) is 10.1 Å². The Morgan fingerprint density at radius 2 is 2.00 bits per heavy atom. The van der Waals surface area contributed by atoms with Crippen LogP contribution in [0.15, 0.2) is 18.2 Å². The number of amides is 1. The first-order valence-corrected chi connectivity index (χ1v) is 8.89. The van der Waals surface area contributed by atoms with Crippen LogP contribution in [-0.4, -0.2) is 17.1 Å². The molecular weight excluding hydrogens is 351 g/mol. The van der Waals surface area contributed by atoms with Gasteiger partial charge in [0.2, 0.25) is 0 Å². The molecule has 1 fully saturated rings. The van der Waals surface area contributed by atoms with Crippen molar-refractivity contribution in [3.63, 3.8) is 0 Å². The van der Waals surface area contributed by atoms with Gasteiger partial charge in [0.1, 0.15) is 0 Å². The Kier molecular flexibility index (Phi) is 5.93. The van der Waals surface area contributed by atoms with E-state index in [0.717, 1.165) is 12.8 Å². The third-order valence-electron chi connectivity index (χ3n) is 4.12. The predicted octanol–water partition coefficient (Wildman–Crippen LogP) is 4.81. The Balaban J connectivity index is 1.95. The molecule has 0 aliphatic heterocycles. The Hall–Kier alpha value is -0.840. The van der Waals surface area contributed by atoms with Crippen LogP contribution in [0.3, 0.4) is 0 Å². The second kappa shape index (κ2) is 7.37. The second-order valence-corrected chi connectivity index (χ2v) is 8.41. The summed E-state index contributed by atoms with van der Waals surface area (Å²) in [5, 5.41) is 7.11. The summed E-state index contributed by atoms with van der Waals surface area (Å²) in [7, 11) is 0. The number of halogens is 2. The van der Waals surface area contributed by atoms with Gasteiger partial charge in [-0.2, -0.15) is 0 Å². The van der Waals surface area contributed by atoms with Gasteiger partial charge in [0.15, 0.2) is 5.11 Å². The maximum Gasteiger partial charge on any atom is 0.258 e. The van der Waals surface area contributed by atoms with Crippen molar-refractivity contribution in [2.75, 3.05) is 0 Å². The lowest BCUT2D eigenvalue weighted by molar-refractivity contribution is 0.0976. The summed E-state index contributed by atoms with van der Waals surface area (Å²) in [4.78, 5) is 12.3. The lowest BCUT2D eigenvalue weighted by Crippen LogP contribution is -2.48. The summed E-state index contributed by atoms with van der Waals surface area (Å²) < 4.78 is 0. The van der Waals surface area contributed by atoms with E-state index in [1.54, 1.807) is 18.2 Å². The molecule has 1 aromatic rings. The minimum Gasteiger partial charge on any atom is -0.360 e. The molecule has 1 aliphatic rings. The molecule has 0 radical (unpaired) electrons. The first-order chi connectivity index (χ1) is 10.7. The first-order valence-electron chi connectivity index (χ1n) is 7.73. The number of carbonyl (C=O) groups excluding carboxylic acids is 1. The van der Waals surface area contributed by atoms with Crippen molar-refractivity contribution < 1.29 is 4.79 Å². The molecule has 0 heterocycles. The summed E-state index contributed by atoms with van der Waals surface area (Å²) >= 11 is 17.2. The van der Waals surface area contributed by atoms with Crippen molar-refractivity contribution >= 4 is 46.4 Å². The maximum atomic E-state index is 12.3. The fourth-order valence-corrected chi connectivity index (χ4v) is 4.28. The van der Waals surface area contributed by atoms with Crippen molar-refractivity contribution in [2.45, 2.75) is 46.1 Å². The summed E-state index contributed by atoms with van der Waals surface area (Å²) in [5.41, 5.74) is 0.645. The number of rotatable bonds is 2. The van der Waals surface area contributed by atoms with Crippen LogP contribution < -0.4 is 10.6 Å². The summed E-state index contributed by atoms with van der Waals surface area (Å²) in [6.07, 6.45) is 3.31. The lowest BCUT2D eigenvalue weighted by Gasteiger charge is -2.39. The predicted molar refractivity (Wildman–Crippen MR) is 100 cm³/mol. The second-order valence-electron chi connectivity index (χ2n) is 7.16. The molecule has 23 heavy (non-hydrogen) atoms. The van der Waals surface area contributed by atoms with Crippen LogP contribution in [-0.2, 0) is 0 Å². The van der Waals surface area contributed by atoms with Gasteiger partial charge in [0.05, 0.1) is 10.6 Å². The monoisotopic (exact) mass is 372 g/mol. The SMILES string of the molecule is C[C@H]1C[C@H](NC(=S)NC(=O)c2ccc(Cl)cc2Cl)CC(C)(C)C1. The molecule has 0 bridgehead atoms. The number of hydrogen-bond acceptors (Lipinski definition) is 2. The normalized spacial score (nSPS) is 23.2. The lowest BCUT2D eigenvalue weighted by atomic mass is 9.71. The highest BCUT2D eigenvalue weighted by atomic mass is 35.5. The zero-order chi connectivity index (χ0) is 17.2. The maximum absolute atomic E-state index is 12.3. The van der Waals surface area contributed by atoms with Crippen molar-refractivity contribution in [3.8, 4) is 0 Å². The standard InChI is InChI=1S/C17H22Cl2N2OS/c1-10-6-12(9-17(2,3)8-10)20-16(23)21-15(22)13-5-4-11(18)7-14(13)19/h4-5,7,10,12H,6,8-9H2,1-3H3,(H2,20,21,22,23)/t10-,12-/m0/s1. The van der Waals surface area contributed by atoms with Crippen molar-refractivity contribution in [1.82, 2.24) is 10.6 Å². The zero-order valence-corrected chi connectivity index (χ0v) is 15.9. The van der Waals surface area contributed by atoms with Gasteiger partial charge in [-0.25, -0.2) is 0 Å². The van der Waals surface area contributed by atoms with Gasteiger partial charge in [0, 0.05) is 11.1 Å². The van der Waals surface area contributed by atoms with Crippen LogP contribution in [0.1, 0.15) is 50.4 Å². The van der Waals surface area contributed by atoms with Gasteiger partial charge in [-0.05, 0) is 61.0 Å². The highest BCUT2D eigenvalue weighted by Gasteiger charge is 2.32. The fraction of sp³-hybridized carbons (Fsp3) is 0.529. The Morgan fingerprint density at radius 3 is 2.61 bits per heavy atom. The summed E-state index contributed by atoms with van der Waals surface area (Å²) in [5.74, 6) is 0.313. The minimum absolute atomic E-state index is 0.280. The van der Waals surface area contributed by atoms with Crippen LogP contribution in [0.2, 0.25) is 10.0 Å². The molecule has 2 N–H and O–H groups in total. The summed E-state index contributed by atoms with van der Waals surface area (Å²) in [6.45, 7) is 6.80. The molecule has 6 heteroatoms. The van der Waals surface area contributed by atoms with Crippen LogP contribution in [0.5, 0.6) is 0 Å². The molecular formula is C17H22Cl2N2OS. The molecule has 2 rings (SSSR count). The number of nitrogens with one attached hydrogen (secondary N) is 2. The van der Waals surface area contributed by atoms with E-state index in [0.29, 0.717) is 26.6 Å². The van der Waals surface area contributed by atoms with E-state index in [2.05, 4.69) is 31.4 Å². The third kappa shape index (κ3) is 5.33. The first kappa shape index (κ1) is 18.5. The van der Waals surface area contributed by atoms with Crippen molar-refractivity contribution in [3.05, 3.63) is 33.8 Å². The third-order valence-corrected chi connectivity index (χ3v) is 4.89. The van der Waals surface area contributed by atoms with Crippen LogP contribution in [0.4, 0.5) is 0 Å². The van der Waals surface area contributed by atoms with Gasteiger partial charge >= 0.3 is 0 Å². The van der Waals surface area contributed by atoms with Gasteiger partial charge in [-0.1, -0.05) is 44.0 Å². The fourth-order valence-electron chi connectivity index (χ4n) is 3.52. The molecule has 1 aliphatic carbocycles. The minimum atomic E-state index is -0.327. The van der Waals surface area contributed by atoms with Gasteiger partial charge < -0.3 is 5.32 Å². The molecule has 3 nitrogen and oxygen atoms in total. The highest BCUT2D eigenvalue weighted by Crippen LogP contribution is 2.38. The number of thiocarbonyl (C=S) groups is 1. The highest BCUT2D eigenvalue weighted by molar-refractivity contribution is 7.80. The van der Waals surface area contributed by atoms with E-state index in [1.165, 1.54) is 6.42 Å².